The molecule has 1 heterocycles. The third-order valence-electron chi connectivity index (χ3n) is 8.41. The fourth-order valence-electron chi connectivity index (χ4n) is 5.80. The molecule has 10 heteroatoms. The molecule has 6 nitrogen and oxygen atoms in total. The van der Waals surface area contributed by atoms with Crippen molar-refractivity contribution in [1.29, 1.82) is 0 Å². The zero-order valence-corrected chi connectivity index (χ0v) is 25.7. The second-order valence-electron chi connectivity index (χ2n) is 11.7. The fraction of sp³-hybridized carbons (Fsp3) is 0.424. The highest BCUT2D eigenvalue weighted by atomic mass is 35.5. The summed E-state index contributed by atoms with van der Waals surface area (Å²) in [6.07, 6.45) is 6.49. The lowest BCUT2D eigenvalue weighted by Gasteiger charge is -2.30. The van der Waals surface area contributed by atoms with Gasteiger partial charge in [-0.05, 0) is 78.6 Å². The van der Waals surface area contributed by atoms with Crippen molar-refractivity contribution in [2.24, 2.45) is 11.8 Å². The van der Waals surface area contributed by atoms with Crippen LogP contribution in [0.1, 0.15) is 51.0 Å². The SMILES string of the molecule is C[C@H]1CCN(C(=O)C(NS(=O)(=O)c2ccc(OCC3CCCCC3)cc2)C(F)(F)c2ccc(-c3ccc(Cl)cc3)cc2)C1. The summed E-state index contributed by atoms with van der Waals surface area (Å²) in [5, 5.41) is 0.554. The van der Waals surface area contributed by atoms with E-state index in [4.69, 9.17) is 16.3 Å². The molecule has 0 aromatic heterocycles. The quantitative estimate of drug-likeness (QED) is 0.256. The van der Waals surface area contributed by atoms with Crippen molar-refractivity contribution in [2.75, 3.05) is 19.7 Å². The molecular weight excluding hydrogens is 594 g/mol. The Hall–Kier alpha value is -3.01. The van der Waals surface area contributed by atoms with Gasteiger partial charge in [0.2, 0.25) is 15.9 Å². The standard InChI is InChI=1S/C33H37ClF2N2O4S/c1-23-19-20-38(21-23)32(39)31(33(35,36)27-11-7-25(8-12-27)26-9-13-28(34)14-10-26)37-43(40,41)30-17-15-29(16-18-30)42-22-24-5-3-2-4-6-24/h7-18,23-24,31,37H,2-6,19-22H2,1H3/t23-,31?/m0/s1. The molecule has 1 N–H and O–H groups in total. The van der Waals surface area contributed by atoms with Crippen LogP contribution in [0, 0.1) is 11.8 Å². The Morgan fingerprint density at radius 1 is 0.953 bits per heavy atom. The molecule has 0 radical (unpaired) electrons. The maximum Gasteiger partial charge on any atom is 0.298 e. The van der Waals surface area contributed by atoms with E-state index < -0.39 is 33.5 Å². The van der Waals surface area contributed by atoms with Crippen molar-refractivity contribution in [3.8, 4) is 16.9 Å². The van der Waals surface area contributed by atoms with E-state index in [1.165, 1.54) is 72.7 Å². The average molecular weight is 631 g/mol. The molecule has 230 valence electrons. The first-order valence-electron chi connectivity index (χ1n) is 14.8. The maximum atomic E-state index is 16.2. The van der Waals surface area contributed by atoms with Crippen molar-refractivity contribution in [2.45, 2.75) is 62.3 Å². The first-order valence-corrected chi connectivity index (χ1v) is 16.7. The number of nitrogens with zero attached hydrogens (tertiary/aromatic N) is 1. The summed E-state index contributed by atoms with van der Waals surface area (Å²) in [4.78, 5) is 14.6. The first-order chi connectivity index (χ1) is 20.5. The Morgan fingerprint density at radius 2 is 1.56 bits per heavy atom. The first kappa shape index (κ1) is 31.4. The Kier molecular flexibility index (Phi) is 9.73. The second kappa shape index (κ2) is 13.3. The number of sulfonamides is 1. The number of halogens is 3. The largest absolute Gasteiger partial charge is 0.493 e. The van der Waals surface area contributed by atoms with Crippen LogP contribution in [0.25, 0.3) is 11.1 Å². The molecule has 0 bridgehead atoms. The summed E-state index contributed by atoms with van der Waals surface area (Å²) in [6, 6.07) is 15.8. The van der Waals surface area contributed by atoms with Gasteiger partial charge in [-0.2, -0.15) is 13.5 Å². The molecular formula is C33H37ClF2N2O4S. The van der Waals surface area contributed by atoms with Crippen LogP contribution < -0.4 is 9.46 Å². The number of hydrogen-bond acceptors (Lipinski definition) is 4. The van der Waals surface area contributed by atoms with E-state index in [9.17, 15) is 13.2 Å². The van der Waals surface area contributed by atoms with Crippen LogP contribution in [0.3, 0.4) is 0 Å². The Morgan fingerprint density at radius 3 is 2.14 bits per heavy atom. The fourth-order valence-corrected chi connectivity index (χ4v) is 7.11. The molecule has 2 aliphatic rings. The second-order valence-corrected chi connectivity index (χ2v) is 13.9. The van der Waals surface area contributed by atoms with Crippen LogP contribution in [0.5, 0.6) is 5.75 Å². The highest BCUT2D eigenvalue weighted by Crippen LogP contribution is 2.36. The van der Waals surface area contributed by atoms with Gasteiger partial charge >= 0.3 is 0 Å². The Balaban J connectivity index is 1.37. The van der Waals surface area contributed by atoms with Crippen LogP contribution in [-0.2, 0) is 20.7 Å². The summed E-state index contributed by atoms with van der Waals surface area (Å²) in [5.41, 5.74) is 0.994. The summed E-state index contributed by atoms with van der Waals surface area (Å²) in [6.45, 7) is 3.06. The van der Waals surface area contributed by atoms with Crippen LogP contribution in [0.2, 0.25) is 5.02 Å². The molecule has 0 spiro atoms. The number of amides is 1. The van der Waals surface area contributed by atoms with Gasteiger partial charge in [0.1, 0.15) is 5.75 Å². The van der Waals surface area contributed by atoms with Crippen molar-refractivity contribution < 1.29 is 26.7 Å². The lowest BCUT2D eigenvalue weighted by Crippen LogP contribution is -2.55. The van der Waals surface area contributed by atoms with Gasteiger partial charge in [0.05, 0.1) is 11.5 Å². The Bertz CT molecular complexity index is 1490. The molecule has 1 aliphatic heterocycles. The molecule has 1 saturated heterocycles. The molecule has 2 atom stereocenters. The van der Waals surface area contributed by atoms with E-state index in [1.54, 1.807) is 24.3 Å². The van der Waals surface area contributed by atoms with E-state index in [1.807, 2.05) is 6.92 Å². The number of alkyl halides is 2. The van der Waals surface area contributed by atoms with E-state index in [0.717, 1.165) is 18.4 Å². The van der Waals surface area contributed by atoms with E-state index in [-0.39, 0.29) is 23.9 Å². The molecule has 5 rings (SSSR count). The molecule has 3 aromatic carbocycles. The summed E-state index contributed by atoms with van der Waals surface area (Å²) >= 11 is 5.96. The van der Waals surface area contributed by atoms with E-state index in [2.05, 4.69) is 4.72 Å². The maximum absolute atomic E-state index is 16.2. The van der Waals surface area contributed by atoms with Crippen LogP contribution in [-0.4, -0.2) is 45.0 Å². The number of benzene rings is 3. The smallest absolute Gasteiger partial charge is 0.298 e. The van der Waals surface area contributed by atoms with Crippen molar-refractivity contribution in [3.05, 3.63) is 83.4 Å². The summed E-state index contributed by atoms with van der Waals surface area (Å²) < 4.78 is 67.1. The number of likely N-dealkylation sites (tertiary alicyclic amines) is 1. The molecule has 3 aromatic rings. The predicted octanol–water partition coefficient (Wildman–Crippen LogP) is 7.27. The lowest BCUT2D eigenvalue weighted by molar-refractivity contribution is -0.143. The van der Waals surface area contributed by atoms with Gasteiger partial charge < -0.3 is 9.64 Å². The van der Waals surface area contributed by atoms with Gasteiger partial charge in [-0.15, -0.1) is 0 Å². The third kappa shape index (κ3) is 7.56. The van der Waals surface area contributed by atoms with Gasteiger partial charge in [0.15, 0.2) is 6.04 Å². The number of hydrogen-bond donors (Lipinski definition) is 1. The number of nitrogens with one attached hydrogen (secondary N) is 1. The number of carbonyl (C=O) groups excluding carboxylic acids is 1. The predicted molar refractivity (Wildman–Crippen MR) is 164 cm³/mol. The van der Waals surface area contributed by atoms with Gasteiger partial charge in [0, 0.05) is 23.7 Å². The van der Waals surface area contributed by atoms with Crippen molar-refractivity contribution in [3.63, 3.8) is 0 Å². The number of ether oxygens (including phenoxy) is 1. The third-order valence-corrected chi connectivity index (χ3v) is 10.1. The zero-order valence-electron chi connectivity index (χ0n) is 24.1. The van der Waals surface area contributed by atoms with Crippen molar-refractivity contribution >= 4 is 27.5 Å². The lowest BCUT2D eigenvalue weighted by atomic mass is 9.90. The molecule has 1 saturated carbocycles. The summed E-state index contributed by atoms with van der Waals surface area (Å²) in [5.74, 6) is -3.67. The van der Waals surface area contributed by atoms with Gasteiger partial charge in [-0.25, -0.2) is 8.42 Å². The van der Waals surface area contributed by atoms with E-state index in [0.29, 0.717) is 35.3 Å². The summed E-state index contributed by atoms with van der Waals surface area (Å²) in [7, 11) is -4.49. The average Bonchev–Trinajstić information content (AvgIpc) is 3.46. The molecule has 2 fully saturated rings. The minimum absolute atomic E-state index is 0.134. The molecule has 1 amide bonds. The van der Waals surface area contributed by atoms with Crippen LogP contribution >= 0.6 is 11.6 Å². The van der Waals surface area contributed by atoms with Gasteiger partial charge in [0.25, 0.3) is 5.92 Å². The van der Waals surface area contributed by atoms with Gasteiger partial charge in [-0.3, -0.25) is 4.79 Å². The van der Waals surface area contributed by atoms with Crippen LogP contribution in [0.15, 0.2) is 77.7 Å². The molecule has 1 unspecified atom stereocenters. The highest BCUT2D eigenvalue weighted by molar-refractivity contribution is 7.89. The van der Waals surface area contributed by atoms with Gasteiger partial charge in [-0.1, -0.05) is 74.2 Å². The normalized spacial score (nSPS) is 18.9. The van der Waals surface area contributed by atoms with Crippen LogP contribution in [0.4, 0.5) is 8.78 Å². The minimum atomic E-state index is -4.49. The van der Waals surface area contributed by atoms with Crippen molar-refractivity contribution in [1.82, 2.24) is 9.62 Å². The number of rotatable bonds is 10. The minimum Gasteiger partial charge on any atom is -0.493 e. The highest BCUT2D eigenvalue weighted by Gasteiger charge is 2.50. The molecule has 43 heavy (non-hydrogen) atoms. The zero-order chi connectivity index (χ0) is 30.6. The Labute approximate surface area is 257 Å². The van der Waals surface area contributed by atoms with E-state index >= 15 is 8.78 Å². The topological polar surface area (TPSA) is 75.7 Å². The molecule has 1 aliphatic carbocycles. The monoisotopic (exact) mass is 630 g/mol. The number of carbonyl (C=O) groups is 1.